The van der Waals surface area contributed by atoms with E-state index in [1.165, 1.54) is 14.2 Å². The van der Waals surface area contributed by atoms with Crippen LogP contribution < -0.4 is 0 Å². The van der Waals surface area contributed by atoms with Gasteiger partial charge in [-0.25, -0.2) is 9.59 Å². The van der Waals surface area contributed by atoms with Gasteiger partial charge in [0.15, 0.2) is 0 Å². The van der Waals surface area contributed by atoms with Crippen LogP contribution in [-0.2, 0) is 28.5 Å². The second-order valence-corrected chi connectivity index (χ2v) is 3.73. The molecule has 2 aliphatic heterocycles. The van der Waals surface area contributed by atoms with Crippen molar-refractivity contribution >= 4 is 11.9 Å². The van der Waals surface area contributed by atoms with Crippen LogP contribution in [0.15, 0.2) is 25.3 Å². The Morgan fingerprint density at radius 2 is 1.26 bits per heavy atom. The molecule has 0 aromatic rings. The van der Waals surface area contributed by atoms with E-state index in [1.54, 1.807) is 0 Å². The lowest BCUT2D eigenvalue weighted by molar-refractivity contribution is -0.135. The summed E-state index contributed by atoms with van der Waals surface area (Å²) < 4.78 is 17.5. The lowest BCUT2D eigenvalue weighted by Gasteiger charge is -1.83. The minimum Gasteiger partial charge on any atom is -0.466 e. The first-order chi connectivity index (χ1) is 10.5. The molecule has 0 aromatic heterocycles. The van der Waals surface area contributed by atoms with Gasteiger partial charge in [-0.05, 0) is 0 Å². The number of hydrogen-bond donors (Lipinski definition) is 2. The van der Waals surface area contributed by atoms with Crippen molar-refractivity contribution in [1.29, 1.82) is 0 Å². The SMILES string of the molecule is C=CC(=O)OC.C=CC(=O)OC.O.OCC1CO1.OCC1CO1. The van der Waals surface area contributed by atoms with E-state index in [4.69, 9.17) is 10.2 Å². The van der Waals surface area contributed by atoms with Crippen LogP contribution in [0.3, 0.4) is 0 Å². The van der Waals surface area contributed by atoms with Crippen molar-refractivity contribution in [2.75, 3.05) is 40.6 Å². The number of carbonyl (C=O) groups excluding carboxylic acids is 2. The zero-order valence-corrected chi connectivity index (χ0v) is 13.4. The van der Waals surface area contributed by atoms with Gasteiger partial charge >= 0.3 is 11.9 Å². The first kappa shape index (κ1) is 26.1. The van der Waals surface area contributed by atoms with Gasteiger partial charge in [-0.3, -0.25) is 0 Å². The van der Waals surface area contributed by atoms with Gasteiger partial charge in [0.25, 0.3) is 0 Å². The molecule has 2 unspecified atom stereocenters. The summed E-state index contributed by atoms with van der Waals surface area (Å²) in [5.74, 6) is -0.787. The number of rotatable bonds is 4. The maximum atomic E-state index is 9.84. The molecule has 2 saturated heterocycles. The van der Waals surface area contributed by atoms with E-state index in [1.807, 2.05) is 0 Å². The first-order valence-electron chi connectivity index (χ1n) is 6.34. The number of hydrogen-bond acceptors (Lipinski definition) is 8. The van der Waals surface area contributed by atoms with Gasteiger partial charge < -0.3 is 34.6 Å². The second-order valence-electron chi connectivity index (χ2n) is 3.73. The molecule has 0 amide bonds. The smallest absolute Gasteiger partial charge is 0.329 e. The van der Waals surface area contributed by atoms with Gasteiger partial charge in [0.1, 0.15) is 12.2 Å². The number of aliphatic hydroxyl groups excluding tert-OH is 2. The summed E-state index contributed by atoms with van der Waals surface area (Å²) in [5.41, 5.74) is 0. The molecule has 136 valence electrons. The second kappa shape index (κ2) is 18.3. The van der Waals surface area contributed by atoms with Crippen LogP contribution in [0.1, 0.15) is 0 Å². The molecule has 2 fully saturated rings. The molecule has 0 radical (unpaired) electrons. The Bertz CT molecular complexity index is 290. The van der Waals surface area contributed by atoms with Crippen LogP contribution in [0.2, 0.25) is 0 Å². The lowest BCUT2D eigenvalue weighted by Crippen LogP contribution is -1.91. The van der Waals surface area contributed by atoms with Gasteiger partial charge in [0.2, 0.25) is 0 Å². The molecule has 2 heterocycles. The molecule has 2 atom stereocenters. The Balaban J connectivity index is -0.000000229. The van der Waals surface area contributed by atoms with Gasteiger partial charge in [-0.1, -0.05) is 13.2 Å². The third-order valence-electron chi connectivity index (χ3n) is 1.95. The van der Waals surface area contributed by atoms with Crippen molar-refractivity contribution < 1.29 is 44.2 Å². The molecular weight excluding hydrogens is 312 g/mol. The van der Waals surface area contributed by atoms with Crippen molar-refractivity contribution in [1.82, 2.24) is 0 Å². The third kappa shape index (κ3) is 25.5. The Morgan fingerprint density at radius 3 is 1.26 bits per heavy atom. The molecule has 4 N–H and O–H groups in total. The average molecular weight is 338 g/mol. The molecule has 0 spiro atoms. The highest BCUT2D eigenvalue weighted by Crippen LogP contribution is 2.05. The monoisotopic (exact) mass is 338 g/mol. The minimum atomic E-state index is -0.394. The summed E-state index contributed by atoms with van der Waals surface area (Å²) >= 11 is 0. The summed E-state index contributed by atoms with van der Waals surface area (Å²) in [5, 5.41) is 16.2. The molecule has 2 aliphatic rings. The van der Waals surface area contributed by atoms with Crippen LogP contribution in [0.5, 0.6) is 0 Å². The molecule has 9 nitrogen and oxygen atoms in total. The van der Waals surface area contributed by atoms with E-state index in [0.717, 1.165) is 25.4 Å². The maximum Gasteiger partial charge on any atom is 0.329 e. The number of methoxy groups -OCH3 is 2. The first-order valence-corrected chi connectivity index (χ1v) is 6.34. The largest absolute Gasteiger partial charge is 0.466 e. The number of esters is 2. The van der Waals surface area contributed by atoms with Gasteiger partial charge in [-0.2, -0.15) is 0 Å². The summed E-state index contributed by atoms with van der Waals surface area (Å²) in [6.07, 6.45) is 2.60. The van der Waals surface area contributed by atoms with Crippen molar-refractivity contribution in [2.24, 2.45) is 0 Å². The quantitative estimate of drug-likeness (QED) is 0.362. The van der Waals surface area contributed by atoms with Crippen molar-refractivity contribution in [2.45, 2.75) is 12.2 Å². The Labute approximate surface area is 135 Å². The van der Waals surface area contributed by atoms with Crippen molar-refractivity contribution in [3.05, 3.63) is 25.3 Å². The summed E-state index contributed by atoms with van der Waals surface area (Å²) in [7, 11) is 2.62. The van der Waals surface area contributed by atoms with Gasteiger partial charge in [-0.15, -0.1) is 0 Å². The number of epoxide rings is 2. The molecule has 0 saturated carbocycles. The number of carbonyl (C=O) groups is 2. The molecular formula is C14H26O9. The Morgan fingerprint density at radius 1 is 1.00 bits per heavy atom. The Hall–Kier alpha value is -1.78. The molecule has 0 bridgehead atoms. The average Bonchev–Trinajstić information content (AvgIpc) is 3.47. The molecule has 2 rings (SSSR count). The van der Waals surface area contributed by atoms with Crippen LogP contribution in [-0.4, -0.2) is 80.5 Å². The normalized spacial score (nSPS) is 18.4. The summed E-state index contributed by atoms with van der Waals surface area (Å²) in [6.45, 7) is 8.22. The minimum absolute atomic E-state index is 0. The van der Waals surface area contributed by atoms with Crippen LogP contribution in [0.4, 0.5) is 0 Å². The lowest BCUT2D eigenvalue weighted by atomic mass is 10.5. The summed E-state index contributed by atoms with van der Waals surface area (Å²) in [6, 6.07) is 0. The van der Waals surface area contributed by atoms with E-state index in [2.05, 4.69) is 32.1 Å². The van der Waals surface area contributed by atoms with E-state index in [9.17, 15) is 9.59 Å². The standard InChI is InChI=1S/2C4H6O2.2C3H6O2.H2O/c2*1-3-4(5)6-2;2*4-1-3-2-5-3;/h2*3H,1H2,2H3;2*3-4H,1-2H2;1H2. The highest BCUT2D eigenvalue weighted by molar-refractivity contribution is 5.81. The van der Waals surface area contributed by atoms with E-state index in [-0.39, 0.29) is 30.9 Å². The predicted octanol–water partition coefficient (Wildman–Crippen LogP) is -1.38. The molecule has 0 aliphatic carbocycles. The fourth-order valence-corrected chi connectivity index (χ4v) is 0.514. The zero-order chi connectivity index (χ0) is 17.4. The maximum absolute atomic E-state index is 9.84. The summed E-state index contributed by atoms with van der Waals surface area (Å²) in [4.78, 5) is 19.7. The molecule has 23 heavy (non-hydrogen) atoms. The molecule has 9 heteroatoms. The zero-order valence-electron chi connectivity index (χ0n) is 13.4. The number of ether oxygens (including phenoxy) is 4. The van der Waals surface area contributed by atoms with Crippen LogP contribution in [0.25, 0.3) is 0 Å². The molecule has 0 aromatic carbocycles. The van der Waals surface area contributed by atoms with Crippen molar-refractivity contribution in [3.8, 4) is 0 Å². The fraction of sp³-hybridized carbons (Fsp3) is 0.571. The van der Waals surface area contributed by atoms with E-state index in [0.29, 0.717) is 0 Å². The van der Waals surface area contributed by atoms with E-state index >= 15 is 0 Å². The van der Waals surface area contributed by atoms with Gasteiger partial charge in [0, 0.05) is 12.2 Å². The topological polar surface area (TPSA) is 150 Å². The Kier molecular flexibility index (Phi) is 20.8. The number of aliphatic hydroxyl groups is 2. The highest BCUT2D eigenvalue weighted by Gasteiger charge is 2.20. The van der Waals surface area contributed by atoms with E-state index < -0.39 is 11.9 Å². The van der Waals surface area contributed by atoms with Crippen LogP contribution >= 0.6 is 0 Å². The third-order valence-corrected chi connectivity index (χ3v) is 1.95. The van der Waals surface area contributed by atoms with Gasteiger partial charge in [0.05, 0.1) is 40.6 Å². The highest BCUT2D eigenvalue weighted by atomic mass is 16.6. The predicted molar refractivity (Wildman–Crippen MR) is 81.7 cm³/mol. The fourth-order valence-electron chi connectivity index (χ4n) is 0.514. The van der Waals surface area contributed by atoms with Crippen molar-refractivity contribution in [3.63, 3.8) is 0 Å². The van der Waals surface area contributed by atoms with Crippen LogP contribution in [0, 0.1) is 0 Å².